The van der Waals surface area contributed by atoms with Gasteiger partial charge in [0.25, 0.3) is 0 Å². The summed E-state index contributed by atoms with van der Waals surface area (Å²) in [6.45, 7) is 10.5. The highest BCUT2D eigenvalue weighted by Crippen LogP contribution is 2.37. The Balaban J connectivity index is 0.000000185. The Kier molecular flexibility index (Phi) is 13.1. The van der Waals surface area contributed by atoms with Crippen LogP contribution < -0.4 is 10.6 Å². The number of hydrogen-bond acceptors (Lipinski definition) is 2. The van der Waals surface area contributed by atoms with Crippen molar-refractivity contribution in [3.63, 3.8) is 0 Å². The third-order valence-electron chi connectivity index (χ3n) is 10.6. The summed E-state index contributed by atoms with van der Waals surface area (Å²) in [5.74, 6) is 0. The molecule has 0 bridgehead atoms. The average molecular weight is 765 g/mol. The summed E-state index contributed by atoms with van der Waals surface area (Å²) >= 11 is 0. The van der Waals surface area contributed by atoms with Crippen LogP contribution in [0, 0.1) is 0 Å². The highest BCUT2D eigenvalue weighted by atomic mass is 14.9. The second-order valence-corrected chi connectivity index (χ2v) is 14.2. The Morgan fingerprint density at radius 1 is 0.576 bits per heavy atom. The van der Waals surface area contributed by atoms with Gasteiger partial charge in [-0.05, 0) is 109 Å². The molecule has 8 aromatic rings. The average Bonchev–Trinajstić information content (AvgIpc) is 3.32. The molecule has 59 heavy (non-hydrogen) atoms. The minimum atomic E-state index is 0.0835. The maximum absolute atomic E-state index is 4.42. The van der Waals surface area contributed by atoms with Gasteiger partial charge in [-0.25, -0.2) is 0 Å². The Labute approximate surface area is 350 Å². The molecule has 0 saturated carbocycles. The molecule has 0 fully saturated rings. The molecule has 0 amide bonds. The summed E-state index contributed by atoms with van der Waals surface area (Å²) in [4.78, 5) is 0. The maximum Gasteiger partial charge on any atom is 0.0707 e. The van der Waals surface area contributed by atoms with E-state index in [0.29, 0.717) is 0 Å². The van der Waals surface area contributed by atoms with Gasteiger partial charge in [-0.2, -0.15) is 0 Å². The minimum absolute atomic E-state index is 0.0835. The highest BCUT2D eigenvalue weighted by molar-refractivity contribution is 6.03. The summed E-state index contributed by atoms with van der Waals surface area (Å²) in [7, 11) is 1.96. The first kappa shape index (κ1) is 40.1. The van der Waals surface area contributed by atoms with Crippen molar-refractivity contribution in [1.29, 1.82) is 0 Å². The van der Waals surface area contributed by atoms with Gasteiger partial charge < -0.3 is 10.6 Å². The SMILES string of the molecule is C1=C(c2ccccc2)C=C(c2cccc(-c3ccccc3)c2)NC1c1ccc2ccccc2c1.C=C(c1ccccc1/C=C\C)c1c(NC)ccc2ccccc12.CC. The zero-order valence-electron chi connectivity index (χ0n) is 34.5. The first-order valence-corrected chi connectivity index (χ1v) is 20.6. The number of dihydropyridines is 1. The van der Waals surface area contributed by atoms with Crippen LogP contribution in [0.15, 0.2) is 213 Å². The third kappa shape index (κ3) is 9.20. The van der Waals surface area contributed by atoms with Gasteiger partial charge in [-0.1, -0.05) is 202 Å². The van der Waals surface area contributed by atoms with E-state index in [-0.39, 0.29) is 6.04 Å². The van der Waals surface area contributed by atoms with Crippen LogP contribution in [-0.2, 0) is 0 Å². The summed E-state index contributed by atoms with van der Waals surface area (Å²) in [6, 6.07) is 66.5. The Morgan fingerprint density at radius 2 is 1.19 bits per heavy atom. The molecule has 290 valence electrons. The number of nitrogens with one attached hydrogen (secondary N) is 2. The van der Waals surface area contributed by atoms with Crippen LogP contribution >= 0.6 is 0 Å². The van der Waals surface area contributed by atoms with Gasteiger partial charge in [-0.15, -0.1) is 0 Å². The van der Waals surface area contributed by atoms with Gasteiger partial charge in [0.2, 0.25) is 0 Å². The van der Waals surface area contributed by atoms with Crippen LogP contribution in [-0.4, -0.2) is 7.05 Å². The lowest BCUT2D eigenvalue weighted by Gasteiger charge is -2.26. The Hall–Kier alpha value is -7.16. The highest BCUT2D eigenvalue weighted by Gasteiger charge is 2.19. The predicted octanol–water partition coefficient (Wildman–Crippen LogP) is 15.3. The van der Waals surface area contributed by atoms with E-state index < -0.39 is 0 Å². The molecule has 0 aromatic heterocycles. The van der Waals surface area contributed by atoms with Gasteiger partial charge in [0.05, 0.1) is 6.04 Å². The largest absolute Gasteiger partial charge is 0.388 e. The van der Waals surface area contributed by atoms with E-state index in [1.165, 1.54) is 71.6 Å². The lowest BCUT2D eigenvalue weighted by Crippen LogP contribution is -2.21. The van der Waals surface area contributed by atoms with Crippen molar-refractivity contribution in [1.82, 2.24) is 5.32 Å². The van der Waals surface area contributed by atoms with Crippen molar-refractivity contribution in [2.45, 2.75) is 26.8 Å². The molecule has 0 radical (unpaired) electrons. The fourth-order valence-corrected chi connectivity index (χ4v) is 7.72. The van der Waals surface area contributed by atoms with Crippen molar-refractivity contribution in [2.24, 2.45) is 0 Å². The van der Waals surface area contributed by atoms with Crippen molar-refractivity contribution in [3.8, 4) is 11.1 Å². The smallest absolute Gasteiger partial charge is 0.0707 e. The van der Waals surface area contributed by atoms with Gasteiger partial charge in [0.1, 0.15) is 0 Å². The minimum Gasteiger partial charge on any atom is -0.388 e. The molecule has 2 heteroatoms. The van der Waals surface area contributed by atoms with E-state index in [1.807, 2.05) is 27.8 Å². The Morgan fingerprint density at radius 3 is 1.93 bits per heavy atom. The quantitative estimate of drug-likeness (QED) is 0.161. The Bertz CT molecular complexity index is 2770. The van der Waals surface area contributed by atoms with Crippen molar-refractivity contribution in [2.75, 3.05) is 12.4 Å². The second-order valence-electron chi connectivity index (χ2n) is 14.2. The molecule has 1 unspecified atom stereocenters. The number of fused-ring (bicyclic) bond motifs is 2. The van der Waals surface area contributed by atoms with Crippen molar-refractivity contribution in [3.05, 3.63) is 246 Å². The van der Waals surface area contributed by atoms with E-state index in [1.54, 1.807) is 0 Å². The topological polar surface area (TPSA) is 24.1 Å². The number of hydrogen-bond donors (Lipinski definition) is 2. The van der Waals surface area contributed by atoms with E-state index in [9.17, 15) is 0 Å². The molecule has 0 saturated heterocycles. The first-order chi connectivity index (χ1) is 29.1. The fraction of sp³-hybridized carbons (Fsp3) is 0.0877. The molecular weight excluding hydrogens is 713 g/mol. The molecular formula is C57H52N2. The lowest BCUT2D eigenvalue weighted by molar-refractivity contribution is 0.768. The predicted molar refractivity (Wildman–Crippen MR) is 258 cm³/mol. The van der Waals surface area contributed by atoms with Crippen molar-refractivity contribution < 1.29 is 0 Å². The van der Waals surface area contributed by atoms with Crippen molar-refractivity contribution >= 4 is 50.2 Å². The van der Waals surface area contributed by atoms with Gasteiger partial charge in [0, 0.05) is 24.0 Å². The molecule has 1 aliphatic heterocycles. The van der Waals surface area contributed by atoms with E-state index in [0.717, 1.165) is 17.0 Å². The van der Waals surface area contributed by atoms with E-state index >= 15 is 0 Å². The monoisotopic (exact) mass is 764 g/mol. The lowest BCUT2D eigenvalue weighted by atomic mass is 9.90. The number of rotatable bonds is 8. The summed E-state index contributed by atoms with van der Waals surface area (Å²) in [5.41, 5.74) is 14.2. The molecule has 2 N–H and O–H groups in total. The molecule has 1 atom stereocenters. The zero-order chi connectivity index (χ0) is 41.0. The molecule has 2 nitrogen and oxygen atoms in total. The fourth-order valence-electron chi connectivity index (χ4n) is 7.72. The van der Waals surface area contributed by atoms with Gasteiger partial charge in [0.15, 0.2) is 0 Å². The molecule has 8 aromatic carbocycles. The summed E-state index contributed by atoms with van der Waals surface area (Å²) in [6.07, 6.45) is 8.81. The molecule has 1 heterocycles. The third-order valence-corrected chi connectivity index (χ3v) is 10.6. The van der Waals surface area contributed by atoms with Crippen LogP contribution in [0.25, 0.3) is 55.6 Å². The number of benzene rings is 8. The van der Waals surface area contributed by atoms with E-state index in [4.69, 9.17) is 0 Å². The maximum atomic E-state index is 4.42. The van der Waals surface area contributed by atoms with Crippen LogP contribution in [0.5, 0.6) is 0 Å². The molecule has 0 spiro atoms. The number of anilines is 1. The standard InChI is InChI=1S/C33H25N.C22H21N.C2H6/c1-3-10-24(11-4-1)28-16-9-17-29(20-28)32-22-31(25-12-5-2-6-13-25)23-33(34-32)30-19-18-26-14-7-8-15-27(26)21-30;1-4-9-17-10-5-7-12-19(17)16(2)22-20-13-8-6-11-18(20)14-15-21(22)23-3;1-2/h1-23,33-34H;4-15,23H,2H2,1,3H3;1-2H3/b;9-4-;. The summed E-state index contributed by atoms with van der Waals surface area (Å²) < 4.78 is 0. The van der Waals surface area contributed by atoms with Crippen LogP contribution in [0.3, 0.4) is 0 Å². The second kappa shape index (κ2) is 19.3. The van der Waals surface area contributed by atoms with Gasteiger partial charge >= 0.3 is 0 Å². The van der Waals surface area contributed by atoms with Crippen LogP contribution in [0.4, 0.5) is 5.69 Å². The zero-order valence-corrected chi connectivity index (χ0v) is 34.5. The number of allylic oxidation sites excluding steroid dienone is 3. The van der Waals surface area contributed by atoms with Gasteiger partial charge in [-0.3, -0.25) is 0 Å². The summed E-state index contributed by atoms with van der Waals surface area (Å²) in [5, 5.41) is 12.1. The molecule has 0 aliphatic carbocycles. The van der Waals surface area contributed by atoms with Crippen LogP contribution in [0.1, 0.15) is 60.2 Å². The molecule has 9 rings (SSSR count). The van der Waals surface area contributed by atoms with E-state index in [2.05, 4.69) is 230 Å². The van der Waals surface area contributed by atoms with Crippen LogP contribution in [0.2, 0.25) is 0 Å². The normalized spacial score (nSPS) is 13.3. The molecule has 1 aliphatic rings. The first-order valence-electron chi connectivity index (χ1n) is 20.6.